The van der Waals surface area contributed by atoms with E-state index in [2.05, 4.69) is 59.9 Å². The van der Waals surface area contributed by atoms with Crippen molar-refractivity contribution >= 4 is 34.6 Å². The standard InChI is InChI=1S/C30H35N7O3.3H2/c1-5-20-6-7-21(16-24(20)19(2)3)34-29-35-25-17-22(8-9-27(25)36(29)4)40-23-10-11-31-26(18-23)28(38)32-12-14-37-15-13-33-30(37)39;;;/h6-11,16-19H,5,12-15H2,1-4H3,(H,32,38)(H,33,39)(H,34,35);3*1H. The molecule has 0 unspecified atom stereocenters. The van der Waals surface area contributed by atoms with E-state index in [1.807, 2.05) is 29.8 Å². The van der Waals surface area contributed by atoms with Crippen molar-refractivity contribution in [3.8, 4) is 11.5 Å². The van der Waals surface area contributed by atoms with Crippen LogP contribution in [0.1, 0.15) is 52.6 Å². The van der Waals surface area contributed by atoms with Gasteiger partial charge in [-0.25, -0.2) is 9.78 Å². The van der Waals surface area contributed by atoms with Crippen LogP contribution in [0.3, 0.4) is 0 Å². The first-order chi connectivity index (χ1) is 19.3. The van der Waals surface area contributed by atoms with Crippen LogP contribution < -0.4 is 20.7 Å². The molecule has 0 aliphatic carbocycles. The van der Waals surface area contributed by atoms with Crippen LogP contribution in [-0.2, 0) is 13.5 Å². The Morgan fingerprint density at radius 3 is 2.73 bits per heavy atom. The van der Waals surface area contributed by atoms with Crippen molar-refractivity contribution in [1.82, 2.24) is 30.1 Å². The van der Waals surface area contributed by atoms with Crippen LogP contribution in [-0.4, -0.2) is 57.6 Å². The largest absolute Gasteiger partial charge is 0.457 e. The number of ether oxygens (including phenoxy) is 1. The third-order valence-corrected chi connectivity index (χ3v) is 7.07. The molecule has 0 atom stereocenters. The van der Waals surface area contributed by atoms with Gasteiger partial charge in [0.05, 0.1) is 11.0 Å². The molecule has 4 aromatic rings. The third-order valence-electron chi connectivity index (χ3n) is 7.07. The Kier molecular flexibility index (Phi) is 7.86. The number of aryl methyl sites for hydroxylation is 2. The number of carbonyl (C=O) groups excluding carboxylic acids is 2. The first-order valence-corrected chi connectivity index (χ1v) is 13.6. The summed E-state index contributed by atoms with van der Waals surface area (Å²) >= 11 is 0. The Balaban J connectivity index is 0.00000215. The summed E-state index contributed by atoms with van der Waals surface area (Å²) in [6.07, 6.45) is 2.54. The second-order valence-electron chi connectivity index (χ2n) is 10.1. The fourth-order valence-electron chi connectivity index (χ4n) is 4.87. The Morgan fingerprint density at radius 2 is 1.98 bits per heavy atom. The van der Waals surface area contributed by atoms with Gasteiger partial charge < -0.3 is 30.2 Å². The maximum atomic E-state index is 12.6. The quantitative estimate of drug-likeness (QED) is 0.235. The van der Waals surface area contributed by atoms with Crippen molar-refractivity contribution < 1.29 is 18.6 Å². The highest BCUT2D eigenvalue weighted by atomic mass is 16.5. The molecular weight excluding hydrogens is 506 g/mol. The Hall–Kier alpha value is -4.60. The van der Waals surface area contributed by atoms with Crippen LogP contribution in [0, 0.1) is 0 Å². The fraction of sp³-hybridized carbons (Fsp3) is 0.333. The summed E-state index contributed by atoms with van der Waals surface area (Å²) in [4.78, 5) is 34.9. The molecule has 1 aliphatic rings. The van der Waals surface area contributed by atoms with Crippen molar-refractivity contribution in [2.75, 3.05) is 31.5 Å². The molecule has 0 saturated carbocycles. The lowest BCUT2D eigenvalue weighted by atomic mass is 9.95. The molecule has 0 spiro atoms. The number of imidazole rings is 1. The molecule has 1 saturated heterocycles. The van der Waals surface area contributed by atoms with Gasteiger partial charge in [0, 0.05) is 61.5 Å². The predicted octanol–water partition coefficient (Wildman–Crippen LogP) is 5.68. The number of hydrogen-bond acceptors (Lipinski definition) is 6. The van der Waals surface area contributed by atoms with Crippen molar-refractivity contribution in [2.45, 2.75) is 33.1 Å². The smallest absolute Gasteiger partial charge is 0.317 e. The summed E-state index contributed by atoms with van der Waals surface area (Å²) in [6.45, 7) is 8.65. The number of urea groups is 1. The average molecular weight is 548 g/mol. The van der Waals surface area contributed by atoms with E-state index < -0.39 is 0 Å². The van der Waals surface area contributed by atoms with E-state index in [0.717, 1.165) is 29.1 Å². The number of pyridine rings is 1. The number of amides is 3. The monoisotopic (exact) mass is 547 g/mol. The van der Waals surface area contributed by atoms with Crippen LogP contribution in [0.5, 0.6) is 11.5 Å². The normalized spacial score (nSPS) is 13.1. The first-order valence-electron chi connectivity index (χ1n) is 13.6. The number of nitrogens with one attached hydrogen (secondary N) is 3. The molecule has 5 rings (SSSR count). The summed E-state index contributed by atoms with van der Waals surface area (Å²) in [5, 5.41) is 9.02. The molecular formula is C30H41N7O3. The van der Waals surface area contributed by atoms with Crippen LogP contribution in [0.15, 0.2) is 54.7 Å². The summed E-state index contributed by atoms with van der Waals surface area (Å²) in [5.41, 5.74) is 5.69. The summed E-state index contributed by atoms with van der Waals surface area (Å²) in [5.74, 6) is 1.94. The zero-order chi connectivity index (χ0) is 28.2. The number of fused-ring (bicyclic) bond motifs is 1. The maximum absolute atomic E-state index is 12.6. The number of anilines is 2. The van der Waals surface area contributed by atoms with E-state index in [1.165, 1.54) is 17.3 Å². The van der Waals surface area contributed by atoms with E-state index in [1.54, 1.807) is 17.0 Å². The minimum Gasteiger partial charge on any atom is -0.457 e. The van der Waals surface area contributed by atoms with Gasteiger partial charge in [0.2, 0.25) is 5.95 Å². The van der Waals surface area contributed by atoms with E-state index in [9.17, 15) is 9.59 Å². The molecule has 40 heavy (non-hydrogen) atoms. The van der Waals surface area contributed by atoms with Gasteiger partial charge in [-0.1, -0.05) is 26.8 Å². The van der Waals surface area contributed by atoms with Gasteiger partial charge >= 0.3 is 6.03 Å². The van der Waals surface area contributed by atoms with Crippen molar-refractivity contribution in [2.24, 2.45) is 7.05 Å². The summed E-state index contributed by atoms with van der Waals surface area (Å²) in [7, 11) is 1.98. The Bertz CT molecular complexity index is 1560. The Labute approximate surface area is 238 Å². The molecule has 3 N–H and O–H groups in total. The summed E-state index contributed by atoms with van der Waals surface area (Å²) < 4.78 is 8.08. The van der Waals surface area contributed by atoms with Crippen LogP contribution >= 0.6 is 0 Å². The molecule has 10 heteroatoms. The molecule has 2 aromatic heterocycles. The van der Waals surface area contributed by atoms with Gasteiger partial charge in [-0.15, -0.1) is 0 Å². The van der Waals surface area contributed by atoms with Crippen LogP contribution in [0.4, 0.5) is 16.4 Å². The molecule has 1 aliphatic heterocycles. The molecule has 3 amide bonds. The molecule has 3 heterocycles. The van der Waals surface area contributed by atoms with Crippen LogP contribution in [0.25, 0.3) is 11.0 Å². The summed E-state index contributed by atoms with van der Waals surface area (Å²) in [6, 6.07) is 15.4. The van der Waals surface area contributed by atoms with Gasteiger partial charge in [0.15, 0.2) is 0 Å². The lowest BCUT2D eigenvalue weighted by Crippen LogP contribution is -2.37. The van der Waals surface area contributed by atoms with Gasteiger partial charge in [-0.3, -0.25) is 9.78 Å². The minimum absolute atomic E-state index is 0. The van der Waals surface area contributed by atoms with Gasteiger partial charge in [-0.2, -0.15) is 0 Å². The zero-order valence-electron chi connectivity index (χ0n) is 23.3. The molecule has 2 aromatic carbocycles. The number of aromatic nitrogens is 3. The average Bonchev–Trinajstić information content (AvgIpc) is 3.50. The third kappa shape index (κ3) is 5.85. The van der Waals surface area contributed by atoms with E-state index in [0.29, 0.717) is 43.6 Å². The van der Waals surface area contributed by atoms with Crippen LogP contribution in [0.2, 0.25) is 0 Å². The molecule has 214 valence electrons. The van der Waals surface area contributed by atoms with Crippen molar-refractivity contribution in [3.63, 3.8) is 0 Å². The predicted molar refractivity (Wildman–Crippen MR) is 162 cm³/mol. The van der Waals surface area contributed by atoms with E-state index in [-0.39, 0.29) is 21.9 Å². The SMILES string of the molecule is CCc1ccc(Nc2nc3cc(Oc4ccnc(C(=O)NCCN5CCNC5=O)c4)ccc3n2C)cc1C(C)C.[HH].[HH].[HH]. The molecule has 0 radical (unpaired) electrons. The second-order valence-corrected chi connectivity index (χ2v) is 10.1. The molecule has 1 fully saturated rings. The van der Waals surface area contributed by atoms with Crippen molar-refractivity contribution in [1.29, 1.82) is 0 Å². The lowest BCUT2D eigenvalue weighted by Gasteiger charge is -2.14. The highest BCUT2D eigenvalue weighted by molar-refractivity contribution is 5.92. The van der Waals surface area contributed by atoms with Gasteiger partial charge in [0.25, 0.3) is 5.91 Å². The number of rotatable bonds is 10. The topological polar surface area (TPSA) is 113 Å². The number of hydrogen-bond donors (Lipinski definition) is 3. The second kappa shape index (κ2) is 11.6. The number of nitrogens with zero attached hydrogens (tertiary/aromatic N) is 4. The van der Waals surface area contributed by atoms with Gasteiger partial charge in [-0.05, 0) is 53.8 Å². The number of benzene rings is 2. The molecule has 10 nitrogen and oxygen atoms in total. The van der Waals surface area contributed by atoms with Gasteiger partial charge in [0.1, 0.15) is 17.2 Å². The minimum atomic E-state index is -0.325. The fourth-order valence-corrected chi connectivity index (χ4v) is 4.87. The number of carbonyl (C=O) groups is 2. The van der Waals surface area contributed by atoms with E-state index >= 15 is 0 Å². The molecule has 0 bridgehead atoms. The first kappa shape index (κ1) is 27.0. The zero-order valence-corrected chi connectivity index (χ0v) is 23.3. The van der Waals surface area contributed by atoms with E-state index in [4.69, 9.17) is 9.72 Å². The highest BCUT2D eigenvalue weighted by Crippen LogP contribution is 2.30. The highest BCUT2D eigenvalue weighted by Gasteiger charge is 2.19. The maximum Gasteiger partial charge on any atom is 0.317 e. The lowest BCUT2D eigenvalue weighted by molar-refractivity contribution is 0.0945. The van der Waals surface area contributed by atoms with Crippen molar-refractivity contribution in [3.05, 3.63) is 71.5 Å². The Morgan fingerprint density at radius 1 is 1.15 bits per heavy atom.